The number of aryl methyl sites for hydroxylation is 1. The summed E-state index contributed by atoms with van der Waals surface area (Å²) < 4.78 is 10.7. The summed E-state index contributed by atoms with van der Waals surface area (Å²) in [5, 5.41) is 6.90. The van der Waals surface area contributed by atoms with Gasteiger partial charge in [-0.1, -0.05) is 12.1 Å². The van der Waals surface area contributed by atoms with Crippen LogP contribution in [0.15, 0.2) is 28.8 Å². The Balaban J connectivity index is 1.73. The molecule has 0 radical (unpaired) electrons. The van der Waals surface area contributed by atoms with Gasteiger partial charge in [0.2, 0.25) is 5.88 Å². The number of nitrogens with one attached hydrogen (secondary N) is 1. The highest BCUT2D eigenvalue weighted by Gasteiger charge is 2.24. The van der Waals surface area contributed by atoms with Gasteiger partial charge >= 0.3 is 0 Å². The van der Waals surface area contributed by atoms with Crippen LogP contribution in [-0.4, -0.2) is 17.7 Å². The summed E-state index contributed by atoms with van der Waals surface area (Å²) in [5.74, 6) is 1.64. The molecule has 0 saturated heterocycles. The number of fused-ring (bicyclic) bond motifs is 1. The Hall–Kier alpha value is -2.30. The smallest absolute Gasteiger partial charge is 0.258 e. The van der Waals surface area contributed by atoms with Gasteiger partial charge in [0.05, 0.1) is 12.3 Å². The van der Waals surface area contributed by atoms with Crippen LogP contribution in [0.4, 0.5) is 5.88 Å². The van der Waals surface area contributed by atoms with Crippen LogP contribution in [0.5, 0.6) is 5.75 Å². The third-order valence-corrected chi connectivity index (χ3v) is 3.95. The molecule has 22 heavy (non-hydrogen) atoms. The van der Waals surface area contributed by atoms with Gasteiger partial charge in [0, 0.05) is 11.1 Å². The lowest BCUT2D eigenvalue weighted by Gasteiger charge is -2.16. The molecule has 2 aromatic rings. The average molecular weight is 300 g/mol. The van der Waals surface area contributed by atoms with Crippen molar-refractivity contribution in [1.82, 2.24) is 5.16 Å². The lowest BCUT2D eigenvalue weighted by atomic mass is 9.89. The van der Waals surface area contributed by atoms with Gasteiger partial charge in [-0.2, -0.15) is 0 Å². The minimum Gasteiger partial charge on any atom is -0.494 e. The molecular formula is C17H20N2O3. The van der Waals surface area contributed by atoms with E-state index in [0.717, 1.165) is 36.3 Å². The summed E-state index contributed by atoms with van der Waals surface area (Å²) in [6, 6.07) is 7.06. The molecule has 0 fully saturated rings. The van der Waals surface area contributed by atoms with E-state index >= 15 is 0 Å². The molecule has 0 unspecified atom stereocenters. The van der Waals surface area contributed by atoms with Crippen LogP contribution < -0.4 is 10.1 Å². The minimum atomic E-state index is -0.194. The maximum absolute atomic E-state index is 12.3. The minimum absolute atomic E-state index is 0.194. The van der Waals surface area contributed by atoms with Crippen LogP contribution in [-0.2, 0) is 12.8 Å². The third kappa shape index (κ3) is 2.98. The van der Waals surface area contributed by atoms with Crippen LogP contribution in [0.1, 0.15) is 41.9 Å². The second-order valence-corrected chi connectivity index (χ2v) is 5.70. The number of nitrogens with zero attached hydrogens (tertiary/aromatic N) is 1. The van der Waals surface area contributed by atoms with E-state index in [1.165, 1.54) is 0 Å². The zero-order chi connectivity index (χ0) is 15.5. The largest absolute Gasteiger partial charge is 0.494 e. The monoisotopic (exact) mass is 300 g/mol. The van der Waals surface area contributed by atoms with Crippen LogP contribution in [0, 0.1) is 5.92 Å². The topological polar surface area (TPSA) is 64.4 Å². The highest BCUT2D eigenvalue weighted by atomic mass is 16.5. The molecule has 1 heterocycles. The van der Waals surface area contributed by atoms with E-state index in [0.29, 0.717) is 24.0 Å². The second-order valence-electron chi connectivity index (χ2n) is 5.70. The number of rotatable bonds is 4. The summed E-state index contributed by atoms with van der Waals surface area (Å²) >= 11 is 0. The molecule has 0 saturated carbocycles. The first kappa shape index (κ1) is 14.6. The molecule has 1 atom stereocenters. The van der Waals surface area contributed by atoms with Crippen molar-refractivity contribution in [3.63, 3.8) is 0 Å². The third-order valence-electron chi connectivity index (χ3n) is 3.95. The highest BCUT2D eigenvalue weighted by molar-refractivity contribution is 6.03. The second kappa shape index (κ2) is 6.22. The van der Waals surface area contributed by atoms with Crippen molar-refractivity contribution in [1.29, 1.82) is 0 Å². The van der Waals surface area contributed by atoms with Crippen LogP contribution >= 0.6 is 0 Å². The van der Waals surface area contributed by atoms with Gasteiger partial charge < -0.3 is 9.26 Å². The first-order valence-electron chi connectivity index (χ1n) is 7.69. The average Bonchev–Trinajstić information content (AvgIpc) is 2.90. The van der Waals surface area contributed by atoms with E-state index < -0.39 is 0 Å². The summed E-state index contributed by atoms with van der Waals surface area (Å²) in [5.41, 5.74) is 2.58. The van der Waals surface area contributed by atoms with E-state index in [1.807, 2.05) is 6.92 Å². The zero-order valence-corrected chi connectivity index (χ0v) is 12.9. The fourth-order valence-electron chi connectivity index (χ4n) is 2.73. The van der Waals surface area contributed by atoms with Gasteiger partial charge in [-0.05, 0) is 56.4 Å². The Labute approximate surface area is 129 Å². The van der Waals surface area contributed by atoms with Crippen molar-refractivity contribution >= 4 is 11.8 Å². The molecule has 0 bridgehead atoms. The maximum atomic E-state index is 12.3. The molecule has 1 aromatic heterocycles. The SMILES string of the molecule is CCOc1ccc(C(=O)Nc2onc3c2C[C@H](C)CC3)cc1. The van der Waals surface area contributed by atoms with E-state index in [9.17, 15) is 4.79 Å². The molecule has 5 nitrogen and oxygen atoms in total. The molecule has 1 aliphatic carbocycles. The fraction of sp³-hybridized carbons (Fsp3) is 0.412. The zero-order valence-electron chi connectivity index (χ0n) is 12.9. The molecule has 0 spiro atoms. The quantitative estimate of drug-likeness (QED) is 0.939. The van der Waals surface area contributed by atoms with E-state index in [1.54, 1.807) is 24.3 Å². The van der Waals surface area contributed by atoms with Gasteiger partial charge in [0.15, 0.2) is 0 Å². The lowest BCUT2D eigenvalue weighted by molar-refractivity contribution is 0.102. The fourth-order valence-corrected chi connectivity index (χ4v) is 2.73. The number of ether oxygens (including phenoxy) is 1. The normalized spacial score (nSPS) is 16.9. The Morgan fingerprint density at radius 3 is 2.91 bits per heavy atom. The Morgan fingerprint density at radius 2 is 2.18 bits per heavy atom. The Kier molecular flexibility index (Phi) is 4.13. The number of hydrogen-bond donors (Lipinski definition) is 1. The van der Waals surface area contributed by atoms with Crippen LogP contribution in [0.25, 0.3) is 0 Å². The number of benzene rings is 1. The molecule has 1 aliphatic rings. The van der Waals surface area contributed by atoms with Gasteiger partial charge in [-0.25, -0.2) is 0 Å². The number of amides is 1. The molecule has 1 aromatic carbocycles. The van der Waals surface area contributed by atoms with Gasteiger partial charge in [0.1, 0.15) is 5.75 Å². The van der Waals surface area contributed by atoms with Gasteiger partial charge in [-0.15, -0.1) is 0 Å². The predicted molar refractivity (Wildman–Crippen MR) is 83.3 cm³/mol. The van der Waals surface area contributed by atoms with E-state index in [4.69, 9.17) is 9.26 Å². The van der Waals surface area contributed by atoms with E-state index in [-0.39, 0.29) is 5.91 Å². The molecular weight excluding hydrogens is 280 g/mol. The summed E-state index contributed by atoms with van der Waals surface area (Å²) in [7, 11) is 0. The first-order chi connectivity index (χ1) is 10.7. The Bertz CT molecular complexity index is 661. The summed E-state index contributed by atoms with van der Waals surface area (Å²) in [4.78, 5) is 12.3. The van der Waals surface area contributed by atoms with Crippen molar-refractivity contribution < 1.29 is 14.1 Å². The van der Waals surface area contributed by atoms with Crippen LogP contribution in [0.2, 0.25) is 0 Å². The van der Waals surface area contributed by atoms with Crippen molar-refractivity contribution in [3.05, 3.63) is 41.1 Å². The number of carbonyl (C=O) groups excluding carboxylic acids is 1. The van der Waals surface area contributed by atoms with Crippen molar-refractivity contribution in [2.24, 2.45) is 5.92 Å². The van der Waals surface area contributed by atoms with Crippen molar-refractivity contribution in [3.8, 4) is 5.75 Å². The molecule has 0 aliphatic heterocycles. The number of hydrogen-bond acceptors (Lipinski definition) is 4. The lowest BCUT2D eigenvalue weighted by Crippen LogP contribution is -2.15. The predicted octanol–water partition coefficient (Wildman–Crippen LogP) is 3.45. The van der Waals surface area contributed by atoms with Crippen molar-refractivity contribution in [2.75, 3.05) is 11.9 Å². The maximum Gasteiger partial charge on any atom is 0.258 e. The standard InChI is InChI=1S/C17H20N2O3/c1-3-21-13-7-5-12(6-8-13)16(20)18-17-14-10-11(2)4-9-15(14)19-22-17/h5-8,11H,3-4,9-10H2,1-2H3,(H,18,20)/t11-/m1/s1. The molecule has 116 valence electrons. The van der Waals surface area contributed by atoms with E-state index in [2.05, 4.69) is 17.4 Å². The molecule has 5 heteroatoms. The number of anilines is 1. The van der Waals surface area contributed by atoms with Crippen molar-refractivity contribution in [2.45, 2.75) is 33.1 Å². The molecule has 1 N–H and O–H groups in total. The Morgan fingerprint density at radius 1 is 1.41 bits per heavy atom. The number of carbonyl (C=O) groups is 1. The number of aromatic nitrogens is 1. The van der Waals surface area contributed by atoms with Gasteiger partial charge in [0.25, 0.3) is 5.91 Å². The molecule has 3 rings (SSSR count). The molecule has 1 amide bonds. The summed E-state index contributed by atoms with van der Waals surface area (Å²) in [6.45, 7) is 4.73. The highest BCUT2D eigenvalue weighted by Crippen LogP contribution is 2.30. The summed E-state index contributed by atoms with van der Waals surface area (Å²) in [6.07, 6.45) is 2.93. The van der Waals surface area contributed by atoms with Crippen LogP contribution in [0.3, 0.4) is 0 Å². The van der Waals surface area contributed by atoms with Gasteiger partial charge in [-0.3, -0.25) is 10.1 Å². The first-order valence-corrected chi connectivity index (χ1v) is 7.69.